The normalized spacial score (nSPS) is 12.2. The van der Waals surface area contributed by atoms with E-state index in [0.717, 1.165) is 25.9 Å². The van der Waals surface area contributed by atoms with Crippen LogP contribution >= 0.6 is 0 Å². The van der Waals surface area contributed by atoms with E-state index in [4.69, 9.17) is 5.73 Å². The Balaban J connectivity index is 2.04. The van der Waals surface area contributed by atoms with Crippen LogP contribution in [0.4, 0.5) is 0 Å². The lowest BCUT2D eigenvalue weighted by atomic mass is 10.00. The molecule has 0 aliphatic heterocycles. The Kier molecular flexibility index (Phi) is 4.27. The molecule has 0 saturated carbocycles. The van der Waals surface area contributed by atoms with Crippen molar-refractivity contribution in [2.75, 3.05) is 13.1 Å². The highest BCUT2D eigenvalue weighted by Crippen LogP contribution is 2.22. The summed E-state index contributed by atoms with van der Waals surface area (Å²) in [6.07, 6.45) is 2.05. The van der Waals surface area contributed by atoms with Gasteiger partial charge >= 0.3 is 0 Å². The first-order valence-electron chi connectivity index (χ1n) is 7.05. The molecule has 0 fully saturated rings. The zero-order valence-corrected chi connectivity index (χ0v) is 12.2. The number of para-hydroxylation sites is 1. The Labute approximate surface area is 115 Å². The molecule has 104 valence electrons. The third-order valence-electron chi connectivity index (χ3n) is 3.77. The first-order valence-corrected chi connectivity index (χ1v) is 7.05. The maximum atomic E-state index is 5.63. The molecule has 0 radical (unpaired) electrons. The fraction of sp³-hybridized carbons (Fsp3) is 0.500. The van der Waals surface area contributed by atoms with E-state index in [-0.39, 0.29) is 5.54 Å². The molecule has 0 bridgehead atoms. The van der Waals surface area contributed by atoms with E-state index in [1.54, 1.807) is 0 Å². The smallest absolute Gasteiger partial charge is 0.0458 e. The second-order valence-electron chi connectivity index (χ2n) is 5.87. The summed E-state index contributed by atoms with van der Waals surface area (Å²) >= 11 is 0. The number of hydrogen-bond acceptors (Lipinski definition) is 2. The zero-order chi connectivity index (χ0) is 13.9. The molecule has 2 rings (SSSR count). The van der Waals surface area contributed by atoms with Gasteiger partial charge in [-0.1, -0.05) is 18.2 Å². The number of aryl methyl sites for hydroxylation is 1. The van der Waals surface area contributed by atoms with Crippen molar-refractivity contribution in [1.82, 2.24) is 10.3 Å². The van der Waals surface area contributed by atoms with E-state index in [1.807, 2.05) is 0 Å². The molecule has 19 heavy (non-hydrogen) atoms. The highest BCUT2D eigenvalue weighted by Gasteiger charge is 2.15. The van der Waals surface area contributed by atoms with Crippen LogP contribution in [-0.2, 0) is 6.42 Å². The quantitative estimate of drug-likeness (QED) is 0.747. The zero-order valence-electron chi connectivity index (χ0n) is 12.2. The number of benzene rings is 1. The van der Waals surface area contributed by atoms with Crippen LogP contribution in [0.5, 0.6) is 0 Å². The number of H-pyrrole nitrogens is 1. The summed E-state index contributed by atoms with van der Waals surface area (Å²) in [5.41, 5.74) is 9.69. The van der Waals surface area contributed by atoms with Gasteiger partial charge in [0.1, 0.15) is 0 Å². The van der Waals surface area contributed by atoms with Crippen molar-refractivity contribution in [2.24, 2.45) is 5.73 Å². The summed E-state index contributed by atoms with van der Waals surface area (Å²) in [7, 11) is 0. The lowest BCUT2D eigenvalue weighted by molar-refractivity contribution is 0.370. The van der Waals surface area contributed by atoms with Crippen molar-refractivity contribution >= 4 is 10.9 Å². The second-order valence-corrected chi connectivity index (χ2v) is 5.87. The van der Waals surface area contributed by atoms with Crippen molar-refractivity contribution in [3.05, 3.63) is 35.5 Å². The van der Waals surface area contributed by atoms with Crippen LogP contribution in [0, 0.1) is 6.92 Å². The average Bonchev–Trinajstić information content (AvgIpc) is 2.66. The van der Waals surface area contributed by atoms with Gasteiger partial charge in [-0.05, 0) is 58.3 Å². The van der Waals surface area contributed by atoms with Crippen molar-refractivity contribution in [2.45, 2.75) is 39.2 Å². The molecule has 0 spiro atoms. The minimum Gasteiger partial charge on any atom is -0.358 e. The Morgan fingerprint density at radius 2 is 2.00 bits per heavy atom. The largest absolute Gasteiger partial charge is 0.358 e. The number of hydrogen-bond donors (Lipinski definition) is 3. The Hall–Kier alpha value is -1.32. The fourth-order valence-electron chi connectivity index (χ4n) is 2.63. The molecule has 2 aromatic rings. The molecule has 0 amide bonds. The van der Waals surface area contributed by atoms with Crippen molar-refractivity contribution in [3.8, 4) is 0 Å². The van der Waals surface area contributed by atoms with Gasteiger partial charge in [0, 0.05) is 22.1 Å². The standard InChI is InChI=1S/C16H25N3/c1-12-13(8-11-18-16(2,3)9-10-17)14-6-4-5-7-15(14)19-12/h4-7,18-19H,8-11,17H2,1-3H3. The summed E-state index contributed by atoms with van der Waals surface area (Å²) in [6.45, 7) is 8.28. The predicted molar refractivity (Wildman–Crippen MR) is 82.5 cm³/mol. The molecule has 1 aromatic heterocycles. The van der Waals surface area contributed by atoms with E-state index in [2.05, 4.69) is 55.3 Å². The molecule has 0 aliphatic rings. The summed E-state index contributed by atoms with van der Waals surface area (Å²) in [5.74, 6) is 0. The highest BCUT2D eigenvalue weighted by molar-refractivity contribution is 5.84. The van der Waals surface area contributed by atoms with E-state index in [0.29, 0.717) is 0 Å². The van der Waals surface area contributed by atoms with E-state index >= 15 is 0 Å². The molecular formula is C16H25N3. The SMILES string of the molecule is Cc1[nH]c2ccccc2c1CCNC(C)(C)CCN. The number of nitrogens with one attached hydrogen (secondary N) is 2. The van der Waals surface area contributed by atoms with Crippen LogP contribution < -0.4 is 11.1 Å². The van der Waals surface area contributed by atoms with Crippen LogP contribution in [0.25, 0.3) is 10.9 Å². The monoisotopic (exact) mass is 259 g/mol. The first kappa shape index (κ1) is 14.1. The van der Waals surface area contributed by atoms with Gasteiger partial charge in [0.25, 0.3) is 0 Å². The van der Waals surface area contributed by atoms with Crippen LogP contribution in [0.15, 0.2) is 24.3 Å². The molecule has 0 atom stereocenters. The molecule has 0 unspecified atom stereocenters. The summed E-state index contributed by atoms with van der Waals surface area (Å²) in [4.78, 5) is 3.45. The predicted octanol–water partition coefficient (Wildman–Crippen LogP) is 2.74. The molecule has 1 heterocycles. The van der Waals surface area contributed by atoms with Crippen LogP contribution in [-0.4, -0.2) is 23.6 Å². The van der Waals surface area contributed by atoms with Gasteiger partial charge in [0.2, 0.25) is 0 Å². The summed E-state index contributed by atoms with van der Waals surface area (Å²) in [5, 5.41) is 4.94. The summed E-state index contributed by atoms with van der Waals surface area (Å²) < 4.78 is 0. The maximum absolute atomic E-state index is 5.63. The van der Waals surface area contributed by atoms with E-state index < -0.39 is 0 Å². The molecule has 3 heteroatoms. The number of fused-ring (bicyclic) bond motifs is 1. The number of nitrogens with two attached hydrogens (primary N) is 1. The molecular weight excluding hydrogens is 234 g/mol. The van der Waals surface area contributed by atoms with Crippen molar-refractivity contribution < 1.29 is 0 Å². The summed E-state index contributed by atoms with van der Waals surface area (Å²) in [6, 6.07) is 8.51. The molecule has 3 nitrogen and oxygen atoms in total. The molecule has 4 N–H and O–H groups in total. The van der Waals surface area contributed by atoms with Gasteiger partial charge in [-0.3, -0.25) is 0 Å². The van der Waals surface area contributed by atoms with Gasteiger partial charge in [-0.25, -0.2) is 0 Å². The number of rotatable bonds is 6. The number of aromatic amines is 1. The Morgan fingerprint density at radius 3 is 2.74 bits per heavy atom. The van der Waals surface area contributed by atoms with Gasteiger partial charge in [0.15, 0.2) is 0 Å². The third-order valence-corrected chi connectivity index (χ3v) is 3.77. The molecule has 1 aromatic carbocycles. The van der Waals surface area contributed by atoms with Gasteiger partial charge in [-0.15, -0.1) is 0 Å². The molecule has 0 aliphatic carbocycles. The topological polar surface area (TPSA) is 53.8 Å². The first-order chi connectivity index (χ1) is 9.03. The average molecular weight is 259 g/mol. The van der Waals surface area contributed by atoms with E-state index in [9.17, 15) is 0 Å². The lowest BCUT2D eigenvalue weighted by Gasteiger charge is -2.25. The van der Waals surface area contributed by atoms with Crippen molar-refractivity contribution in [1.29, 1.82) is 0 Å². The third kappa shape index (κ3) is 3.37. The second kappa shape index (κ2) is 5.76. The lowest BCUT2D eigenvalue weighted by Crippen LogP contribution is -2.42. The van der Waals surface area contributed by atoms with Crippen LogP contribution in [0.2, 0.25) is 0 Å². The Morgan fingerprint density at radius 1 is 1.26 bits per heavy atom. The van der Waals surface area contributed by atoms with Gasteiger partial charge in [-0.2, -0.15) is 0 Å². The van der Waals surface area contributed by atoms with Gasteiger partial charge < -0.3 is 16.0 Å². The van der Waals surface area contributed by atoms with Gasteiger partial charge in [0.05, 0.1) is 0 Å². The van der Waals surface area contributed by atoms with Crippen molar-refractivity contribution in [3.63, 3.8) is 0 Å². The van der Waals surface area contributed by atoms with Crippen LogP contribution in [0.3, 0.4) is 0 Å². The fourth-order valence-corrected chi connectivity index (χ4v) is 2.63. The minimum atomic E-state index is 0.120. The highest BCUT2D eigenvalue weighted by atomic mass is 15.0. The van der Waals surface area contributed by atoms with Crippen LogP contribution in [0.1, 0.15) is 31.5 Å². The number of aromatic nitrogens is 1. The minimum absolute atomic E-state index is 0.120. The molecule has 0 saturated heterocycles. The maximum Gasteiger partial charge on any atom is 0.0458 e. The van der Waals surface area contributed by atoms with E-state index in [1.165, 1.54) is 22.2 Å². The Bertz CT molecular complexity index is 540.